The van der Waals surface area contributed by atoms with E-state index >= 15 is 0 Å². The molecule has 1 amide bonds. The van der Waals surface area contributed by atoms with E-state index in [-0.39, 0.29) is 5.91 Å². The summed E-state index contributed by atoms with van der Waals surface area (Å²) in [4.78, 5) is 15.4. The standard InChI is InChI=1S/C17H14N4O2S/c1-11(22)19-9-14-6-7-16(23-14)15-10-24-17(21-15)20-13-4-2-12(8-18)3-5-13/h2-7,10H,9H2,1H3,(H,19,22)(H,20,21). The smallest absolute Gasteiger partial charge is 0.217 e. The van der Waals surface area contributed by atoms with E-state index in [0.717, 1.165) is 16.5 Å². The molecule has 24 heavy (non-hydrogen) atoms. The summed E-state index contributed by atoms with van der Waals surface area (Å²) in [5, 5.41) is 17.3. The fourth-order valence-corrected chi connectivity index (χ4v) is 2.74. The fourth-order valence-electron chi connectivity index (χ4n) is 2.02. The zero-order valence-electron chi connectivity index (χ0n) is 12.9. The van der Waals surface area contributed by atoms with Gasteiger partial charge < -0.3 is 15.1 Å². The number of furan rings is 1. The lowest BCUT2D eigenvalue weighted by Gasteiger charge is -2.01. The molecule has 0 aliphatic carbocycles. The Hall–Kier alpha value is -3.11. The lowest BCUT2D eigenvalue weighted by atomic mass is 10.2. The van der Waals surface area contributed by atoms with E-state index in [1.807, 2.05) is 29.6 Å². The number of rotatable bonds is 5. The minimum Gasteiger partial charge on any atom is -0.458 e. The molecule has 0 bridgehead atoms. The third kappa shape index (κ3) is 3.80. The number of aromatic nitrogens is 1. The van der Waals surface area contributed by atoms with E-state index in [2.05, 4.69) is 21.7 Å². The third-order valence-corrected chi connectivity index (χ3v) is 3.95. The summed E-state index contributed by atoms with van der Waals surface area (Å²) >= 11 is 1.46. The van der Waals surface area contributed by atoms with Crippen LogP contribution in [0.4, 0.5) is 10.8 Å². The molecule has 0 aliphatic rings. The Bertz CT molecular complexity index is 890. The van der Waals surface area contributed by atoms with Gasteiger partial charge in [0.2, 0.25) is 5.91 Å². The number of nitriles is 1. The quantitative estimate of drug-likeness (QED) is 0.741. The van der Waals surface area contributed by atoms with Gasteiger partial charge in [-0.25, -0.2) is 4.98 Å². The molecule has 6 nitrogen and oxygen atoms in total. The highest BCUT2D eigenvalue weighted by atomic mass is 32.1. The van der Waals surface area contributed by atoms with E-state index < -0.39 is 0 Å². The van der Waals surface area contributed by atoms with Crippen molar-refractivity contribution >= 4 is 28.1 Å². The van der Waals surface area contributed by atoms with Gasteiger partial charge in [-0.1, -0.05) is 0 Å². The van der Waals surface area contributed by atoms with Crippen molar-refractivity contribution in [1.29, 1.82) is 5.26 Å². The van der Waals surface area contributed by atoms with E-state index in [1.54, 1.807) is 12.1 Å². The summed E-state index contributed by atoms with van der Waals surface area (Å²) in [7, 11) is 0. The van der Waals surface area contributed by atoms with Gasteiger partial charge in [0.15, 0.2) is 10.9 Å². The van der Waals surface area contributed by atoms with Crippen LogP contribution in [-0.2, 0) is 11.3 Å². The molecule has 0 saturated carbocycles. The summed E-state index contributed by atoms with van der Waals surface area (Å²) in [6.07, 6.45) is 0. The van der Waals surface area contributed by atoms with Crippen molar-refractivity contribution in [3.63, 3.8) is 0 Å². The molecular weight excluding hydrogens is 324 g/mol. The van der Waals surface area contributed by atoms with Gasteiger partial charge in [0.1, 0.15) is 11.5 Å². The van der Waals surface area contributed by atoms with Gasteiger partial charge in [-0.05, 0) is 36.4 Å². The first-order valence-electron chi connectivity index (χ1n) is 7.20. The van der Waals surface area contributed by atoms with Gasteiger partial charge >= 0.3 is 0 Å². The molecule has 0 radical (unpaired) electrons. The van der Waals surface area contributed by atoms with Crippen LogP contribution in [0.1, 0.15) is 18.2 Å². The lowest BCUT2D eigenvalue weighted by Crippen LogP contribution is -2.18. The van der Waals surface area contributed by atoms with Crippen LogP contribution in [-0.4, -0.2) is 10.9 Å². The summed E-state index contributed by atoms with van der Waals surface area (Å²) in [5.74, 6) is 1.23. The molecule has 3 rings (SSSR count). The zero-order chi connectivity index (χ0) is 16.9. The molecule has 2 N–H and O–H groups in total. The number of carbonyl (C=O) groups excluding carboxylic acids is 1. The van der Waals surface area contributed by atoms with Crippen molar-refractivity contribution in [3.05, 3.63) is 53.1 Å². The van der Waals surface area contributed by atoms with Crippen LogP contribution in [0.5, 0.6) is 0 Å². The fraction of sp³-hybridized carbons (Fsp3) is 0.118. The van der Waals surface area contributed by atoms with Crippen molar-refractivity contribution < 1.29 is 9.21 Å². The van der Waals surface area contributed by atoms with Crippen LogP contribution in [0.3, 0.4) is 0 Å². The molecule has 0 saturated heterocycles. The molecule has 0 aliphatic heterocycles. The number of benzene rings is 1. The average molecular weight is 338 g/mol. The number of nitrogens with zero attached hydrogens (tertiary/aromatic N) is 2. The number of anilines is 2. The predicted molar refractivity (Wildman–Crippen MR) is 91.8 cm³/mol. The van der Waals surface area contributed by atoms with Crippen LogP contribution >= 0.6 is 11.3 Å². The SMILES string of the molecule is CC(=O)NCc1ccc(-c2csc(Nc3ccc(C#N)cc3)n2)o1. The minimum absolute atomic E-state index is 0.101. The summed E-state index contributed by atoms with van der Waals surface area (Å²) in [5.41, 5.74) is 2.20. The van der Waals surface area contributed by atoms with Crippen LogP contribution in [0.15, 0.2) is 46.2 Å². The highest BCUT2D eigenvalue weighted by Gasteiger charge is 2.10. The van der Waals surface area contributed by atoms with Crippen molar-refractivity contribution in [2.45, 2.75) is 13.5 Å². The Labute approximate surface area is 142 Å². The normalized spacial score (nSPS) is 10.2. The Kier molecular flexibility index (Phi) is 4.59. The molecule has 3 aromatic rings. The first kappa shape index (κ1) is 15.8. The molecule has 0 unspecified atom stereocenters. The first-order valence-corrected chi connectivity index (χ1v) is 8.08. The summed E-state index contributed by atoms with van der Waals surface area (Å²) < 4.78 is 5.68. The number of amides is 1. The Morgan fingerprint density at radius 1 is 1.29 bits per heavy atom. The average Bonchev–Trinajstić information content (AvgIpc) is 3.22. The van der Waals surface area contributed by atoms with E-state index in [1.165, 1.54) is 18.3 Å². The van der Waals surface area contributed by atoms with Crippen LogP contribution in [0.25, 0.3) is 11.5 Å². The van der Waals surface area contributed by atoms with Gasteiger partial charge in [-0.15, -0.1) is 11.3 Å². The molecule has 0 spiro atoms. The molecule has 2 aromatic heterocycles. The van der Waals surface area contributed by atoms with Crippen molar-refractivity contribution in [3.8, 4) is 17.5 Å². The summed E-state index contributed by atoms with van der Waals surface area (Å²) in [6, 6.07) is 12.9. The molecule has 7 heteroatoms. The highest BCUT2D eigenvalue weighted by molar-refractivity contribution is 7.14. The van der Waals surface area contributed by atoms with Crippen LogP contribution in [0, 0.1) is 11.3 Å². The number of carbonyl (C=O) groups is 1. The number of hydrogen-bond acceptors (Lipinski definition) is 6. The maximum absolute atomic E-state index is 10.9. The molecule has 0 atom stereocenters. The second kappa shape index (κ2) is 6.98. The summed E-state index contributed by atoms with van der Waals surface area (Å²) in [6.45, 7) is 1.82. The van der Waals surface area contributed by atoms with Crippen LogP contribution in [0.2, 0.25) is 0 Å². The zero-order valence-corrected chi connectivity index (χ0v) is 13.7. The van der Waals surface area contributed by atoms with E-state index in [9.17, 15) is 4.79 Å². The highest BCUT2D eigenvalue weighted by Crippen LogP contribution is 2.28. The topological polar surface area (TPSA) is 91.0 Å². The van der Waals surface area contributed by atoms with Crippen molar-refractivity contribution in [1.82, 2.24) is 10.3 Å². The third-order valence-electron chi connectivity index (χ3n) is 3.20. The second-order valence-electron chi connectivity index (χ2n) is 5.03. The lowest BCUT2D eigenvalue weighted by molar-refractivity contribution is -0.119. The van der Waals surface area contributed by atoms with Crippen molar-refractivity contribution in [2.75, 3.05) is 5.32 Å². The van der Waals surface area contributed by atoms with E-state index in [4.69, 9.17) is 9.68 Å². The van der Waals surface area contributed by atoms with Gasteiger partial charge in [-0.3, -0.25) is 4.79 Å². The van der Waals surface area contributed by atoms with Gasteiger partial charge in [0.05, 0.1) is 18.2 Å². The molecular formula is C17H14N4O2S. The first-order chi connectivity index (χ1) is 11.6. The van der Waals surface area contributed by atoms with Gasteiger partial charge in [0.25, 0.3) is 0 Å². The molecule has 2 heterocycles. The molecule has 1 aromatic carbocycles. The molecule has 120 valence electrons. The predicted octanol–water partition coefficient (Wildman–Crippen LogP) is 3.65. The minimum atomic E-state index is -0.101. The Balaban J connectivity index is 1.68. The number of hydrogen-bond donors (Lipinski definition) is 2. The second-order valence-corrected chi connectivity index (χ2v) is 5.89. The Morgan fingerprint density at radius 3 is 2.79 bits per heavy atom. The van der Waals surface area contributed by atoms with Crippen LogP contribution < -0.4 is 10.6 Å². The monoisotopic (exact) mass is 338 g/mol. The van der Waals surface area contributed by atoms with Gasteiger partial charge in [0, 0.05) is 18.0 Å². The van der Waals surface area contributed by atoms with E-state index in [0.29, 0.717) is 23.6 Å². The Morgan fingerprint density at radius 2 is 2.08 bits per heavy atom. The number of nitrogens with one attached hydrogen (secondary N) is 2. The maximum atomic E-state index is 10.9. The maximum Gasteiger partial charge on any atom is 0.217 e. The molecule has 0 fully saturated rings. The largest absolute Gasteiger partial charge is 0.458 e. The van der Waals surface area contributed by atoms with Crippen molar-refractivity contribution in [2.24, 2.45) is 0 Å². The number of thiazole rings is 1. The van der Waals surface area contributed by atoms with Gasteiger partial charge in [-0.2, -0.15) is 5.26 Å².